The Morgan fingerprint density at radius 3 is 2.54 bits per heavy atom. The Hall–Kier alpha value is -2.89. The summed E-state index contributed by atoms with van der Waals surface area (Å²) in [4.78, 5) is 24.4. The third-order valence-corrected chi connectivity index (χ3v) is 8.34. The van der Waals surface area contributed by atoms with Crippen molar-refractivity contribution in [3.05, 3.63) is 42.1 Å². The van der Waals surface area contributed by atoms with Crippen molar-refractivity contribution in [1.29, 1.82) is 0 Å². The van der Waals surface area contributed by atoms with Crippen molar-refractivity contribution in [3.8, 4) is 0 Å². The second-order valence-corrected chi connectivity index (χ2v) is 11.2. The number of anilines is 2. The first-order chi connectivity index (χ1) is 16.3. The number of carbonyl (C=O) groups excluding carboxylic acids is 1. The van der Waals surface area contributed by atoms with Gasteiger partial charge in [-0.2, -0.15) is 21.6 Å². The van der Waals surface area contributed by atoms with Gasteiger partial charge in [0.1, 0.15) is 17.7 Å². The van der Waals surface area contributed by atoms with Crippen LogP contribution in [-0.4, -0.2) is 55.1 Å². The molecule has 12 heteroatoms. The van der Waals surface area contributed by atoms with Crippen LogP contribution in [-0.2, 0) is 10.0 Å². The van der Waals surface area contributed by atoms with E-state index in [1.54, 1.807) is 6.07 Å². The number of carbonyl (C=O) groups is 1. The number of nitrogens with one attached hydrogen (secondary N) is 1. The van der Waals surface area contributed by atoms with E-state index < -0.39 is 33.2 Å². The molecule has 2 atom stereocenters. The first kappa shape index (κ1) is 25.2. The number of hydrogen-bond acceptors (Lipinski definition) is 7. The molecule has 1 amide bonds. The van der Waals surface area contributed by atoms with Gasteiger partial charge in [-0.15, -0.1) is 0 Å². The minimum absolute atomic E-state index is 0.0890. The summed E-state index contributed by atoms with van der Waals surface area (Å²) in [6.45, 7) is 6.96. The molecule has 35 heavy (non-hydrogen) atoms. The predicted molar refractivity (Wildman–Crippen MR) is 125 cm³/mol. The quantitative estimate of drug-likeness (QED) is 0.653. The van der Waals surface area contributed by atoms with E-state index in [1.165, 1.54) is 24.4 Å². The minimum Gasteiger partial charge on any atom is -0.351 e. The van der Waals surface area contributed by atoms with Gasteiger partial charge in [-0.1, -0.05) is 13.0 Å². The van der Waals surface area contributed by atoms with Crippen LogP contribution >= 0.6 is 0 Å². The fourth-order valence-electron chi connectivity index (χ4n) is 4.72. The van der Waals surface area contributed by atoms with E-state index in [0.29, 0.717) is 24.7 Å². The summed E-state index contributed by atoms with van der Waals surface area (Å²) in [5.41, 5.74) is -0.200. The Balaban J connectivity index is 1.60. The smallest absolute Gasteiger partial charge is 0.351 e. The fraction of sp³-hybridized carbons (Fsp3) is 0.522. The van der Waals surface area contributed by atoms with Crippen molar-refractivity contribution in [2.75, 3.05) is 22.9 Å². The number of halogens is 3. The van der Waals surface area contributed by atoms with E-state index in [0.717, 1.165) is 17.4 Å². The van der Waals surface area contributed by atoms with Gasteiger partial charge in [-0.05, 0) is 63.3 Å². The van der Waals surface area contributed by atoms with Crippen LogP contribution in [0.4, 0.5) is 24.8 Å². The molecule has 190 valence electrons. The summed E-state index contributed by atoms with van der Waals surface area (Å²) in [5, 5.41) is -0.531. The molecular weight excluding hydrogens is 483 g/mol. The molecule has 2 aliphatic rings. The van der Waals surface area contributed by atoms with Crippen molar-refractivity contribution in [3.63, 3.8) is 0 Å². The number of nitrogens with zero attached hydrogens (tertiary/aromatic N) is 4. The average Bonchev–Trinajstić information content (AvgIpc) is 3.39. The van der Waals surface area contributed by atoms with Crippen LogP contribution in [0.15, 0.2) is 41.6 Å². The lowest BCUT2D eigenvalue weighted by Crippen LogP contribution is -2.43. The van der Waals surface area contributed by atoms with Gasteiger partial charge in [0.15, 0.2) is 5.03 Å². The molecule has 0 radical (unpaired) electrons. The number of aromatic nitrogens is 2. The number of rotatable bonds is 5. The third-order valence-electron chi connectivity index (χ3n) is 7.11. The van der Waals surface area contributed by atoms with Crippen molar-refractivity contribution in [2.45, 2.75) is 62.8 Å². The van der Waals surface area contributed by atoms with Crippen molar-refractivity contribution in [2.24, 2.45) is 5.92 Å². The molecule has 0 aromatic carbocycles. The maximum Gasteiger partial charge on any atom is 0.408 e. The van der Waals surface area contributed by atoms with Crippen LogP contribution < -0.4 is 14.5 Å². The predicted octanol–water partition coefficient (Wildman–Crippen LogP) is 3.75. The van der Waals surface area contributed by atoms with Gasteiger partial charge in [0.2, 0.25) is 0 Å². The highest BCUT2D eigenvalue weighted by atomic mass is 32.2. The number of hydrogen-bond donors (Lipinski definition) is 1. The number of sulfonamides is 1. The minimum atomic E-state index is -4.46. The van der Waals surface area contributed by atoms with Crippen molar-refractivity contribution in [1.82, 2.24) is 14.7 Å². The van der Waals surface area contributed by atoms with Crippen LogP contribution in [0.3, 0.4) is 0 Å². The summed E-state index contributed by atoms with van der Waals surface area (Å²) < 4.78 is 68.2. The normalized spacial score (nSPS) is 22.5. The summed E-state index contributed by atoms with van der Waals surface area (Å²) in [5.74, 6) is -0.274. The molecule has 2 aliphatic heterocycles. The van der Waals surface area contributed by atoms with Crippen LogP contribution in [0.25, 0.3) is 0 Å². The maximum atomic E-state index is 13.4. The number of amides is 1. The van der Waals surface area contributed by atoms with E-state index in [4.69, 9.17) is 0 Å². The number of pyridine rings is 2. The first-order valence-electron chi connectivity index (χ1n) is 11.4. The van der Waals surface area contributed by atoms with Gasteiger partial charge >= 0.3 is 6.18 Å². The standard InChI is InChI=1S/C23H28F3N5O3S/c1-15-11-14-31(22(15,2)3)20-16(7-5-12-27-20)21(32)29-35(33,34)19-10-4-9-18(28-19)30-13-6-8-17(30)23(24,25)26/h4-5,7,9-10,12,15,17H,6,8,11,13-14H2,1-3H3,(H,29,32). The highest BCUT2D eigenvalue weighted by molar-refractivity contribution is 7.90. The summed E-state index contributed by atoms with van der Waals surface area (Å²) in [7, 11) is -4.46. The van der Waals surface area contributed by atoms with Gasteiger partial charge in [0.05, 0.1) is 5.56 Å². The SMILES string of the molecule is CC1CCN(c2ncccc2C(=O)NS(=O)(=O)c2cccc(N3CCCC3C(F)(F)F)n2)C1(C)C. The van der Waals surface area contributed by atoms with E-state index in [-0.39, 0.29) is 29.9 Å². The monoisotopic (exact) mass is 511 g/mol. The van der Waals surface area contributed by atoms with Crippen LogP contribution in [0.1, 0.15) is 50.4 Å². The molecule has 4 heterocycles. The maximum absolute atomic E-state index is 13.4. The highest BCUT2D eigenvalue weighted by Gasteiger charge is 2.46. The topological polar surface area (TPSA) is 95.5 Å². The van der Waals surface area contributed by atoms with E-state index in [2.05, 4.69) is 16.9 Å². The molecule has 2 saturated heterocycles. The van der Waals surface area contributed by atoms with Crippen molar-refractivity contribution < 1.29 is 26.4 Å². The lowest BCUT2D eigenvalue weighted by Gasteiger charge is -2.36. The molecule has 0 bridgehead atoms. The lowest BCUT2D eigenvalue weighted by molar-refractivity contribution is -0.146. The van der Waals surface area contributed by atoms with E-state index in [1.807, 2.05) is 23.5 Å². The number of alkyl halides is 3. The van der Waals surface area contributed by atoms with E-state index >= 15 is 0 Å². The molecule has 2 aromatic rings. The summed E-state index contributed by atoms with van der Waals surface area (Å²) in [6, 6.07) is 5.10. The zero-order chi connectivity index (χ0) is 25.6. The lowest BCUT2D eigenvalue weighted by atomic mass is 9.90. The van der Waals surface area contributed by atoms with Crippen LogP contribution in [0.2, 0.25) is 0 Å². The van der Waals surface area contributed by atoms with Gasteiger partial charge in [-0.25, -0.2) is 14.7 Å². The Morgan fingerprint density at radius 2 is 1.89 bits per heavy atom. The fourth-order valence-corrected chi connectivity index (χ4v) is 5.65. The molecule has 2 aromatic heterocycles. The Labute approximate surface area is 202 Å². The summed E-state index contributed by atoms with van der Waals surface area (Å²) in [6.07, 6.45) is -1.80. The largest absolute Gasteiger partial charge is 0.408 e. The summed E-state index contributed by atoms with van der Waals surface area (Å²) >= 11 is 0. The van der Waals surface area contributed by atoms with E-state index in [9.17, 15) is 26.4 Å². The van der Waals surface area contributed by atoms with Gasteiger partial charge < -0.3 is 9.80 Å². The first-order valence-corrected chi connectivity index (χ1v) is 12.9. The zero-order valence-electron chi connectivity index (χ0n) is 19.7. The van der Waals surface area contributed by atoms with Crippen LogP contribution in [0, 0.1) is 5.92 Å². The molecule has 4 rings (SSSR count). The van der Waals surface area contributed by atoms with Crippen LogP contribution in [0.5, 0.6) is 0 Å². The molecular formula is C23H28F3N5O3S. The third kappa shape index (κ3) is 4.80. The Morgan fingerprint density at radius 1 is 1.14 bits per heavy atom. The highest BCUT2D eigenvalue weighted by Crippen LogP contribution is 2.38. The Kier molecular flexibility index (Phi) is 6.45. The molecule has 8 nitrogen and oxygen atoms in total. The molecule has 1 N–H and O–H groups in total. The molecule has 2 fully saturated rings. The van der Waals surface area contributed by atoms with Crippen molar-refractivity contribution >= 4 is 27.6 Å². The van der Waals surface area contributed by atoms with Gasteiger partial charge in [-0.3, -0.25) is 4.79 Å². The second kappa shape index (κ2) is 8.96. The Bertz CT molecular complexity index is 1220. The molecule has 0 aliphatic carbocycles. The van der Waals surface area contributed by atoms with Gasteiger partial charge in [0, 0.05) is 24.8 Å². The van der Waals surface area contributed by atoms with Gasteiger partial charge in [0.25, 0.3) is 15.9 Å². The molecule has 0 saturated carbocycles. The average molecular weight is 512 g/mol. The zero-order valence-corrected chi connectivity index (χ0v) is 20.5. The molecule has 0 spiro atoms. The second-order valence-electron chi connectivity index (χ2n) is 9.53. The molecule has 2 unspecified atom stereocenters.